The Balaban J connectivity index is 0.00000930. The Bertz CT molecular complexity index is 1560. The van der Waals surface area contributed by atoms with E-state index in [-0.39, 0.29) is 55.1 Å². The predicted octanol–water partition coefficient (Wildman–Crippen LogP) is 4.73. The van der Waals surface area contributed by atoms with E-state index in [0.29, 0.717) is 68.4 Å². The molecule has 0 aromatic rings. The number of carbonyl (C=O) groups is 3. The van der Waals surface area contributed by atoms with Gasteiger partial charge in [0.05, 0.1) is 30.1 Å². The van der Waals surface area contributed by atoms with E-state index in [9.17, 15) is 29.8 Å². The first kappa shape index (κ1) is 50.0. The van der Waals surface area contributed by atoms with Gasteiger partial charge in [-0.1, -0.05) is 49.7 Å². The van der Waals surface area contributed by atoms with Crippen molar-refractivity contribution in [1.29, 1.82) is 5.41 Å². The zero-order valence-electron chi connectivity index (χ0n) is 36.4. The van der Waals surface area contributed by atoms with Crippen molar-refractivity contribution in [2.45, 2.75) is 154 Å². The van der Waals surface area contributed by atoms with Gasteiger partial charge in [0.15, 0.2) is 0 Å². The van der Waals surface area contributed by atoms with Crippen LogP contribution in [0.3, 0.4) is 0 Å². The van der Waals surface area contributed by atoms with Crippen LogP contribution in [-0.2, 0) is 38.1 Å². The fraction of sp³-hybridized carbons (Fsp3) is 0.750. The number of nitrogens with zero attached hydrogens (tertiary/aromatic N) is 2. The van der Waals surface area contributed by atoms with Crippen molar-refractivity contribution in [3.05, 3.63) is 36.0 Å². The normalized spacial score (nSPS) is 39.2. The summed E-state index contributed by atoms with van der Waals surface area (Å²) in [6.07, 6.45) is 6.20. The highest BCUT2D eigenvalue weighted by atomic mass is 16.7. The van der Waals surface area contributed by atoms with Crippen molar-refractivity contribution in [2.24, 2.45) is 34.7 Å². The molecule has 0 aromatic carbocycles. The number of aliphatic hydroxyl groups excluding tert-OH is 1. The molecule has 334 valence electrons. The van der Waals surface area contributed by atoms with Gasteiger partial charge < -0.3 is 54.9 Å². The number of fused-ring (bicyclic) bond motifs is 3. The number of methoxy groups -OCH3 is 3. The number of rotatable bonds is 7. The maximum absolute atomic E-state index is 14.4. The van der Waals surface area contributed by atoms with E-state index in [0.717, 1.165) is 5.57 Å². The highest BCUT2D eigenvalue weighted by molar-refractivity contribution is 6.39. The van der Waals surface area contributed by atoms with Gasteiger partial charge in [0.2, 0.25) is 5.79 Å². The summed E-state index contributed by atoms with van der Waals surface area (Å²) in [7, 11) is 4.65. The number of oxime groups is 1. The van der Waals surface area contributed by atoms with Gasteiger partial charge in [-0.3, -0.25) is 9.59 Å². The van der Waals surface area contributed by atoms with Gasteiger partial charge in [0, 0.05) is 57.8 Å². The van der Waals surface area contributed by atoms with E-state index >= 15 is 0 Å². The van der Waals surface area contributed by atoms with Crippen molar-refractivity contribution in [1.82, 2.24) is 4.90 Å². The Morgan fingerprint density at radius 2 is 1.73 bits per heavy atom. The van der Waals surface area contributed by atoms with Crippen molar-refractivity contribution in [3.8, 4) is 0 Å². The summed E-state index contributed by atoms with van der Waals surface area (Å²) in [6.45, 7) is 13.3. The third-order valence-corrected chi connectivity index (χ3v) is 12.9. The highest BCUT2D eigenvalue weighted by Gasteiger charge is 2.56. The Hall–Kier alpha value is -3.31. The summed E-state index contributed by atoms with van der Waals surface area (Å²) in [5, 5.41) is 46.2. The zero-order chi connectivity index (χ0) is 42.9. The van der Waals surface area contributed by atoms with Gasteiger partial charge in [-0.15, -0.1) is 6.58 Å². The number of aliphatic hydroxyl groups is 2. The second-order valence-corrected chi connectivity index (χ2v) is 17.3. The molecule has 0 radical (unpaired) electrons. The Kier molecular flexibility index (Phi) is 19.1. The Morgan fingerprint density at radius 3 is 2.36 bits per heavy atom. The molecule has 2 saturated heterocycles. The van der Waals surface area contributed by atoms with Gasteiger partial charge in [0.1, 0.15) is 18.2 Å². The maximum atomic E-state index is 14.4. The van der Waals surface area contributed by atoms with Crippen LogP contribution in [0.15, 0.2) is 41.1 Å². The van der Waals surface area contributed by atoms with Crippen LogP contribution in [0.4, 0.5) is 0 Å². The summed E-state index contributed by atoms with van der Waals surface area (Å²) in [4.78, 5) is 44.1. The number of esters is 1. The number of ketones is 1. The molecule has 2 bridgehead atoms. The van der Waals surface area contributed by atoms with Crippen LogP contribution in [0, 0.1) is 35.0 Å². The maximum Gasteiger partial charge on any atom is 0.329 e. The fourth-order valence-corrected chi connectivity index (χ4v) is 9.43. The molecule has 3 fully saturated rings. The van der Waals surface area contributed by atoms with E-state index in [4.69, 9.17) is 29.1 Å². The molecule has 1 amide bonds. The lowest BCUT2D eigenvalue weighted by atomic mass is 9.81. The molecule has 4 rings (SSSR count). The van der Waals surface area contributed by atoms with Crippen molar-refractivity contribution in [3.63, 3.8) is 0 Å². The van der Waals surface area contributed by atoms with Crippen LogP contribution in [0.5, 0.6) is 0 Å². The number of nitrogens with one attached hydrogen (secondary N) is 1. The second-order valence-electron chi connectivity index (χ2n) is 17.3. The summed E-state index contributed by atoms with van der Waals surface area (Å²) < 4.78 is 29.9. The second kappa shape index (κ2) is 22.5. The molecule has 13 atom stereocenters. The Labute approximate surface area is 350 Å². The number of hydrogen-bond donors (Lipinski definition) is 4. The Morgan fingerprint density at radius 1 is 1.05 bits per heavy atom. The van der Waals surface area contributed by atoms with E-state index < -0.39 is 71.8 Å². The first-order chi connectivity index (χ1) is 27.5. The van der Waals surface area contributed by atoms with Gasteiger partial charge in [0.25, 0.3) is 11.7 Å². The lowest BCUT2D eigenvalue weighted by Gasteiger charge is -2.47. The quantitative estimate of drug-likeness (QED) is 0.0901. The lowest BCUT2D eigenvalue weighted by Crippen LogP contribution is -2.64. The number of Topliss-reactive ketones (excluding diaryl/α,β-unsaturated/α-hetero) is 1. The molecule has 0 unspecified atom stereocenters. The fourth-order valence-electron chi connectivity index (χ4n) is 9.43. The smallest absolute Gasteiger partial charge is 0.329 e. The number of carbonyl (C=O) groups excluding carboxylic acids is 3. The van der Waals surface area contributed by atoms with Crippen molar-refractivity contribution in [2.75, 3.05) is 27.9 Å². The first-order valence-corrected chi connectivity index (χ1v) is 21.0. The van der Waals surface area contributed by atoms with Crippen LogP contribution < -0.4 is 0 Å². The number of cyclic esters (lactones) is 1. The third-order valence-electron chi connectivity index (χ3n) is 12.9. The SMILES string of the molecule is C=CC[C@@H]1/C=C(\C)C[C@H](C)C[C@H](OC)[C@H]2O[C@@](O)(C(=O)C(=O)N3CCCC[C@H]3C(=O)O[C@H](/C(C)=C/[C@@H]3CCC(=N)[C@H](OC)C3)[C@H](C)[C@@H](O)C/C1=N/O)[C@H](C)C[C@@H]2OC.O. The van der Waals surface area contributed by atoms with Gasteiger partial charge >= 0.3 is 5.97 Å². The molecule has 15 heteroatoms. The van der Waals surface area contributed by atoms with Crippen molar-refractivity contribution >= 4 is 29.1 Å². The molecule has 0 spiro atoms. The van der Waals surface area contributed by atoms with Gasteiger partial charge in [-0.25, -0.2) is 4.79 Å². The summed E-state index contributed by atoms with van der Waals surface area (Å²) in [5.41, 5.74) is 2.56. The molecule has 3 heterocycles. The van der Waals surface area contributed by atoms with Crippen LogP contribution in [0.1, 0.15) is 105 Å². The first-order valence-electron chi connectivity index (χ1n) is 21.0. The van der Waals surface area contributed by atoms with Crippen LogP contribution in [-0.4, -0.2) is 131 Å². The molecule has 3 aliphatic heterocycles. The van der Waals surface area contributed by atoms with Crippen molar-refractivity contribution < 1.29 is 59.0 Å². The van der Waals surface area contributed by atoms with Gasteiger partial charge in [-0.2, -0.15) is 0 Å². The minimum absolute atomic E-state index is 0. The molecular weight excluding hydrogens is 762 g/mol. The molecule has 59 heavy (non-hydrogen) atoms. The number of hydrogen-bond acceptors (Lipinski definition) is 13. The molecule has 15 nitrogen and oxygen atoms in total. The molecular formula is C44H71N3O12. The monoisotopic (exact) mass is 834 g/mol. The van der Waals surface area contributed by atoms with Crippen LogP contribution in [0.25, 0.3) is 0 Å². The third kappa shape index (κ3) is 12.0. The van der Waals surface area contributed by atoms with E-state index in [2.05, 4.69) is 18.7 Å². The largest absolute Gasteiger partial charge is 0.456 e. The van der Waals surface area contributed by atoms with E-state index in [1.165, 1.54) is 19.1 Å². The number of allylic oxidation sites excluding steroid dienone is 4. The zero-order valence-corrected chi connectivity index (χ0v) is 36.4. The number of piperidine rings is 1. The topological polar surface area (TPSA) is 229 Å². The summed E-state index contributed by atoms with van der Waals surface area (Å²) >= 11 is 0. The minimum Gasteiger partial charge on any atom is -0.456 e. The minimum atomic E-state index is -2.51. The van der Waals surface area contributed by atoms with E-state index in [1.54, 1.807) is 27.0 Å². The average Bonchev–Trinajstić information content (AvgIpc) is 3.20. The predicted molar refractivity (Wildman–Crippen MR) is 222 cm³/mol. The standard InChI is InChI=1S/C44H69N3O11.H2O/c1-10-13-31-19-25(2)18-26(3)20-37(55-8)40-38(56-9)22-28(5)44(52,58-40)41(49)42(50)47-17-12-11-14-34(47)43(51)57-39(29(6)35(48)24-33(31)46-53)27(4)21-30-15-16-32(45)36(23-30)54-7;/h10,19,21,26,28-31,34-40,45,48,52-53H,1,11-18,20,22-24H2,2-9H3;1H2/b25-19+,27-21+,45-32?,46-33-;/t26-,28+,29+,30-,31+,34-,35-,36+,37-,38-,39+,40+,44+;/m0./s1. The lowest BCUT2D eigenvalue weighted by molar-refractivity contribution is -0.302. The number of amides is 1. The molecule has 6 N–H and O–H groups in total. The van der Waals surface area contributed by atoms with E-state index in [1.807, 2.05) is 26.0 Å². The molecule has 1 saturated carbocycles. The summed E-state index contributed by atoms with van der Waals surface area (Å²) in [5.74, 6) is -7.33. The van der Waals surface area contributed by atoms with Crippen LogP contribution in [0.2, 0.25) is 0 Å². The average molecular weight is 834 g/mol. The van der Waals surface area contributed by atoms with Gasteiger partial charge in [-0.05, 0) is 95.5 Å². The molecule has 4 aliphatic rings. The highest BCUT2D eigenvalue weighted by Crippen LogP contribution is 2.39. The summed E-state index contributed by atoms with van der Waals surface area (Å²) in [6, 6.07) is -1.13. The molecule has 1 aliphatic carbocycles. The number of ether oxygens (including phenoxy) is 5. The molecule has 0 aromatic heterocycles. The van der Waals surface area contributed by atoms with Crippen LogP contribution >= 0.6 is 0 Å².